The van der Waals surface area contributed by atoms with Crippen molar-refractivity contribution < 1.29 is 13.5 Å². The summed E-state index contributed by atoms with van der Waals surface area (Å²) >= 11 is 0. The number of ether oxygens (including phenoxy) is 1. The standard InChI is InChI=1S/C17H27F2NO/c1-4-12-9-13(5-2)17(14(6-3)10-12)15(20)7-8-21-11-16(18)19/h9-10,15-16H,4-8,11,20H2,1-3H3. The third kappa shape index (κ3) is 5.36. The molecule has 21 heavy (non-hydrogen) atoms. The lowest BCUT2D eigenvalue weighted by atomic mass is 9.88. The van der Waals surface area contributed by atoms with Crippen molar-refractivity contribution in [3.05, 3.63) is 34.4 Å². The van der Waals surface area contributed by atoms with Crippen LogP contribution in [0.3, 0.4) is 0 Å². The van der Waals surface area contributed by atoms with Crippen LogP contribution in [-0.4, -0.2) is 19.6 Å². The number of hydrogen-bond acceptors (Lipinski definition) is 2. The highest BCUT2D eigenvalue weighted by Gasteiger charge is 2.16. The van der Waals surface area contributed by atoms with E-state index in [4.69, 9.17) is 10.5 Å². The fourth-order valence-electron chi connectivity index (χ4n) is 2.64. The van der Waals surface area contributed by atoms with Crippen LogP contribution in [0.1, 0.15) is 55.5 Å². The predicted octanol–water partition coefficient (Wildman–Crippen LogP) is 4.05. The zero-order valence-electron chi connectivity index (χ0n) is 13.3. The highest BCUT2D eigenvalue weighted by molar-refractivity contribution is 5.41. The molecule has 0 saturated heterocycles. The molecule has 120 valence electrons. The van der Waals surface area contributed by atoms with Gasteiger partial charge in [0.15, 0.2) is 0 Å². The van der Waals surface area contributed by atoms with E-state index >= 15 is 0 Å². The molecule has 0 spiro atoms. The molecule has 0 aliphatic carbocycles. The van der Waals surface area contributed by atoms with Gasteiger partial charge in [-0.05, 0) is 47.9 Å². The number of nitrogens with two attached hydrogens (primary N) is 1. The van der Waals surface area contributed by atoms with Gasteiger partial charge in [0.25, 0.3) is 6.43 Å². The van der Waals surface area contributed by atoms with E-state index in [1.807, 2.05) is 0 Å². The molecule has 1 aromatic carbocycles. The first-order valence-electron chi connectivity index (χ1n) is 7.79. The molecule has 0 aliphatic heterocycles. The Bertz CT molecular complexity index is 410. The third-order valence-corrected chi connectivity index (χ3v) is 3.77. The molecule has 0 radical (unpaired) electrons. The van der Waals surface area contributed by atoms with E-state index < -0.39 is 13.0 Å². The summed E-state index contributed by atoms with van der Waals surface area (Å²) < 4.78 is 29.0. The number of benzene rings is 1. The van der Waals surface area contributed by atoms with E-state index in [-0.39, 0.29) is 12.6 Å². The Balaban J connectivity index is 2.83. The lowest BCUT2D eigenvalue weighted by Gasteiger charge is -2.21. The Morgan fingerprint density at radius 1 is 1.05 bits per heavy atom. The van der Waals surface area contributed by atoms with Crippen LogP contribution in [0.2, 0.25) is 0 Å². The van der Waals surface area contributed by atoms with Gasteiger partial charge in [0.1, 0.15) is 6.61 Å². The first kappa shape index (κ1) is 18.1. The maximum atomic E-state index is 12.0. The van der Waals surface area contributed by atoms with Gasteiger partial charge in [0.05, 0.1) is 0 Å². The van der Waals surface area contributed by atoms with Crippen molar-refractivity contribution in [3.63, 3.8) is 0 Å². The fraction of sp³-hybridized carbons (Fsp3) is 0.647. The van der Waals surface area contributed by atoms with Crippen LogP contribution in [-0.2, 0) is 24.0 Å². The molecule has 1 aromatic rings. The zero-order valence-corrected chi connectivity index (χ0v) is 13.3. The molecular formula is C17H27F2NO. The minimum Gasteiger partial charge on any atom is -0.375 e. The van der Waals surface area contributed by atoms with Crippen molar-refractivity contribution >= 4 is 0 Å². The minimum atomic E-state index is -2.41. The van der Waals surface area contributed by atoms with Gasteiger partial charge in [-0.25, -0.2) is 8.78 Å². The molecule has 0 bridgehead atoms. The SMILES string of the molecule is CCc1cc(CC)c(C(N)CCOCC(F)F)c(CC)c1. The Kier molecular flexibility index (Phi) is 7.83. The van der Waals surface area contributed by atoms with Crippen LogP contribution in [0.15, 0.2) is 12.1 Å². The number of aryl methyl sites for hydroxylation is 3. The van der Waals surface area contributed by atoms with E-state index in [1.54, 1.807) is 0 Å². The Morgan fingerprint density at radius 2 is 1.62 bits per heavy atom. The molecular weight excluding hydrogens is 272 g/mol. The molecule has 0 fully saturated rings. The van der Waals surface area contributed by atoms with Crippen LogP contribution in [0.25, 0.3) is 0 Å². The number of halogens is 2. The van der Waals surface area contributed by atoms with Crippen LogP contribution in [0, 0.1) is 0 Å². The van der Waals surface area contributed by atoms with Gasteiger partial charge >= 0.3 is 0 Å². The van der Waals surface area contributed by atoms with E-state index in [2.05, 4.69) is 32.9 Å². The number of hydrogen-bond donors (Lipinski definition) is 1. The normalized spacial score (nSPS) is 12.9. The van der Waals surface area contributed by atoms with E-state index in [0.717, 1.165) is 19.3 Å². The average Bonchev–Trinajstić information content (AvgIpc) is 2.49. The number of alkyl halides is 2. The maximum absolute atomic E-state index is 12.0. The Hall–Kier alpha value is -1.00. The largest absolute Gasteiger partial charge is 0.375 e. The summed E-state index contributed by atoms with van der Waals surface area (Å²) in [4.78, 5) is 0. The van der Waals surface area contributed by atoms with Crippen molar-refractivity contribution in [2.45, 2.75) is 58.9 Å². The summed E-state index contributed by atoms with van der Waals surface area (Å²) in [6.45, 7) is 6.15. The molecule has 1 unspecified atom stereocenters. The van der Waals surface area contributed by atoms with Crippen molar-refractivity contribution in [2.24, 2.45) is 5.73 Å². The van der Waals surface area contributed by atoms with Gasteiger partial charge in [-0.2, -0.15) is 0 Å². The summed E-state index contributed by atoms with van der Waals surface area (Å²) in [6, 6.07) is 4.28. The second-order valence-corrected chi connectivity index (χ2v) is 5.25. The van der Waals surface area contributed by atoms with Crippen molar-refractivity contribution in [1.82, 2.24) is 0 Å². The zero-order chi connectivity index (χ0) is 15.8. The summed E-state index contributed by atoms with van der Waals surface area (Å²) in [5.41, 5.74) is 11.3. The van der Waals surface area contributed by atoms with Crippen molar-refractivity contribution in [2.75, 3.05) is 13.2 Å². The number of rotatable bonds is 9. The summed E-state index contributed by atoms with van der Waals surface area (Å²) in [7, 11) is 0. The van der Waals surface area contributed by atoms with Gasteiger partial charge in [-0.15, -0.1) is 0 Å². The minimum absolute atomic E-state index is 0.154. The molecule has 0 aliphatic rings. The first-order chi connectivity index (χ1) is 10.0. The van der Waals surface area contributed by atoms with Crippen LogP contribution in [0.4, 0.5) is 8.78 Å². The molecule has 0 amide bonds. The second-order valence-electron chi connectivity index (χ2n) is 5.25. The highest BCUT2D eigenvalue weighted by atomic mass is 19.3. The third-order valence-electron chi connectivity index (χ3n) is 3.77. The van der Waals surface area contributed by atoms with Gasteiger partial charge in [-0.3, -0.25) is 0 Å². The molecule has 4 heteroatoms. The molecule has 0 heterocycles. The molecule has 0 aromatic heterocycles. The lowest BCUT2D eigenvalue weighted by molar-refractivity contribution is 0.0152. The van der Waals surface area contributed by atoms with Crippen LogP contribution in [0.5, 0.6) is 0 Å². The fourth-order valence-corrected chi connectivity index (χ4v) is 2.64. The topological polar surface area (TPSA) is 35.2 Å². The van der Waals surface area contributed by atoms with Crippen molar-refractivity contribution in [3.8, 4) is 0 Å². The van der Waals surface area contributed by atoms with Gasteiger partial charge in [0.2, 0.25) is 0 Å². The second kappa shape index (κ2) is 9.11. The predicted molar refractivity (Wildman–Crippen MR) is 82.9 cm³/mol. The average molecular weight is 299 g/mol. The maximum Gasteiger partial charge on any atom is 0.261 e. The van der Waals surface area contributed by atoms with E-state index in [9.17, 15) is 8.78 Å². The monoisotopic (exact) mass is 299 g/mol. The van der Waals surface area contributed by atoms with Gasteiger partial charge in [0, 0.05) is 12.6 Å². The molecule has 0 saturated carbocycles. The van der Waals surface area contributed by atoms with Crippen LogP contribution >= 0.6 is 0 Å². The molecule has 1 atom stereocenters. The Labute approximate surface area is 126 Å². The molecule has 1 rings (SSSR count). The summed E-state index contributed by atoms with van der Waals surface area (Å²) in [5.74, 6) is 0. The quantitative estimate of drug-likeness (QED) is 0.698. The van der Waals surface area contributed by atoms with Crippen molar-refractivity contribution in [1.29, 1.82) is 0 Å². The molecule has 2 nitrogen and oxygen atoms in total. The van der Waals surface area contributed by atoms with Crippen LogP contribution < -0.4 is 5.73 Å². The summed E-state index contributed by atoms with van der Waals surface area (Å²) in [5, 5.41) is 0. The molecule has 2 N–H and O–H groups in total. The smallest absolute Gasteiger partial charge is 0.261 e. The Morgan fingerprint density at radius 3 is 2.05 bits per heavy atom. The lowest BCUT2D eigenvalue weighted by Crippen LogP contribution is -2.18. The van der Waals surface area contributed by atoms with Gasteiger partial charge < -0.3 is 10.5 Å². The van der Waals surface area contributed by atoms with Gasteiger partial charge in [-0.1, -0.05) is 32.9 Å². The summed E-state index contributed by atoms with van der Waals surface area (Å²) in [6.07, 6.45) is 1.02. The van der Waals surface area contributed by atoms with E-state index in [1.165, 1.54) is 22.3 Å². The highest BCUT2D eigenvalue weighted by Crippen LogP contribution is 2.27. The van der Waals surface area contributed by atoms with E-state index in [0.29, 0.717) is 6.42 Å². The first-order valence-corrected chi connectivity index (χ1v) is 7.79.